The van der Waals surface area contributed by atoms with Gasteiger partial charge in [0, 0.05) is 19.8 Å². The standard InChI is InChI=1S/C16H22FN3O5S/c1-25-6-2-5-18-11-4-3-10-7-13(21)16(15(17)12(10)8-11)20-9-14(22)19-26(20,23)24/h7,11,18,21H,2-6,8-9H2,1H3,(H,19,22)/t11-/m1/s1. The Bertz CT molecular complexity index is 815. The van der Waals surface area contributed by atoms with Gasteiger partial charge < -0.3 is 15.2 Å². The zero-order valence-corrected chi connectivity index (χ0v) is 15.2. The molecule has 1 heterocycles. The van der Waals surface area contributed by atoms with Crippen molar-refractivity contribution < 1.29 is 27.4 Å². The highest BCUT2D eigenvalue weighted by Crippen LogP contribution is 2.39. The number of methoxy groups -OCH3 is 1. The molecule has 1 amide bonds. The van der Waals surface area contributed by atoms with E-state index in [2.05, 4.69) is 5.32 Å². The predicted molar refractivity (Wildman–Crippen MR) is 92.8 cm³/mol. The van der Waals surface area contributed by atoms with E-state index in [4.69, 9.17) is 4.74 Å². The van der Waals surface area contributed by atoms with Gasteiger partial charge in [0.15, 0.2) is 5.82 Å². The van der Waals surface area contributed by atoms with E-state index in [0.717, 1.165) is 19.4 Å². The van der Waals surface area contributed by atoms with Gasteiger partial charge in [-0.25, -0.2) is 13.4 Å². The molecule has 0 radical (unpaired) electrons. The van der Waals surface area contributed by atoms with E-state index >= 15 is 4.39 Å². The number of fused-ring (bicyclic) bond motifs is 1. The summed E-state index contributed by atoms with van der Waals surface area (Å²) in [5.41, 5.74) is 0.569. The molecule has 10 heteroatoms. The molecule has 1 aliphatic heterocycles. The molecule has 2 aliphatic rings. The third-order valence-electron chi connectivity index (χ3n) is 4.65. The Hall–Kier alpha value is -1.91. The number of hydrogen-bond acceptors (Lipinski definition) is 6. The van der Waals surface area contributed by atoms with Gasteiger partial charge in [-0.1, -0.05) is 0 Å². The topological polar surface area (TPSA) is 108 Å². The van der Waals surface area contributed by atoms with Crippen molar-refractivity contribution in [3.63, 3.8) is 0 Å². The summed E-state index contributed by atoms with van der Waals surface area (Å²) in [6.45, 7) is 0.820. The highest BCUT2D eigenvalue weighted by atomic mass is 32.2. The van der Waals surface area contributed by atoms with Crippen LogP contribution in [0.5, 0.6) is 5.75 Å². The SMILES string of the molecule is COCCCN[C@@H]1CCc2cc(O)c(N3CC(=O)NS3(=O)=O)c(F)c2C1. The number of amides is 1. The quantitative estimate of drug-likeness (QED) is 0.602. The number of ether oxygens (including phenoxy) is 1. The van der Waals surface area contributed by atoms with Crippen LogP contribution in [-0.2, 0) is 32.6 Å². The van der Waals surface area contributed by atoms with Crippen LogP contribution < -0.4 is 14.3 Å². The number of hydrogen-bond donors (Lipinski definition) is 3. The number of aromatic hydroxyl groups is 1. The fourth-order valence-corrected chi connectivity index (χ4v) is 4.58. The number of phenolic OH excluding ortho intramolecular Hbond substituents is 1. The van der Waals surface area contributed by atoms with E-state index in [-0.39, 0.29) is 6.04 Å². The Morgan fingerprint density at radius 1 is 1.50 bits per heavy atom. The lowest BCUT2D eigenvalue weighted by atomic mass is 9.87. The number of rotatable bonds is 6. The van der Waals surface area contributed by atoms with Crippen LogP contribution in [0.15, 0.2) is 6.07 Å². The maximum Gasteiger partial charge on any atom is 0.326 e. The molecule has 0 saturated carbocycles. The first kappa shape index (κ1) is 18.9. The summed E-state index contributed by atoms with van der Waals surface area (Å²) in [7, 11) is -2.56. The molecule has 0 aromatic heterocycles. The molecular formula is C16H22FN3O5S. The van der Waals surface area contributed by atoms with E-state index in [1.165, 1.54) is 6.07 Å². The molecule has 144 valence electrons. The van der Waals surface area contributed by atoms with Crippen LogP contribution in [0.2, 0.25) is 0 Å². The third kappa shape index (κ3) is 3.62. The zero-order chi connectivity index (χ0) is 18.9. The largest absolute Gasteiger partial charge is 0.506 e. The minimum absolute atomic E-state index is 0.0567. The van der Waals surface area contributed by atoms with Gasteiger partial charge in [-0.15, -0.1) is 0 Å². The highest BCUT2D eigenvalue weighted by Gasteiger charge is 2.39. The number of nitrogens with one attached hydrogen (secondary N) is 2. The summed E-state index contributed by atoms with van der Waals surface area (Å²) in [5.74, 6) is -2.03. The summed E-state index contributed by atoms with van der Waals surface area (Å²) in [6, 6.07) is 1.45. The van der Waals surface area contributed by atoms with Crippen LogP contribution in [-0.4, -0.2) is 52.3 Å². The number of phenols is 1. The molecule has 1 aromatic carbocycles. The van der Waals surface area contributed by atoms with Gasteiger partial charge in [-0.2, -0.15) is 8.42 Å². The molecule has 3 rings (SSSR count). The Morgan fingerprint density at radius 2 is 2.27 bits per heavy atom. The molecule has 1 atom stereocenters. The average molecular weight is 387 g/mol. The van der Waals surface area contributed by atoms with Crippen molar-refractivity contribution in [1.82, 2.24) is 10.0 Å². The third-order valence-corrected chi connectivity index (χ3v) is 6.03. The van der Waals surface area contributed by atoms with Crippen molar-refractivity contribution in [3.8, 4) is 5.75 Å². The molecule has 0 unspecified atom stereocenters. The molecule has 1 saturated heterocycles. The lowest BCUT2D eigenvalue weighted by Crippen LogP contribution is -2.36. The first-order valence-corrected chi connectivity index (χ1v) is 9.86. The first-order chi connectivity index (χ1) is 12.3. The van der Waals surface area contributed by atoms with Crippen molar-refractivity contribution in [2.24, 2.45) is 0 Å². The molecule has 8 nitrogen and oxygen atoms in total. The first-order valence-electron chi connectivity index (χ1n) is 8.42. The number of aryl methyl sites for hydroxylation is 1. The van der Waals surface area contributed by atoms with Gasteiger partial charge in [0.1, 0.15) is 18.0 Å². The lowest BCUT2D eigenvalue weighted by molar-refractivity contribution is -0.117. The number of nitrogens with zero attached hydrogens (tertiary/aromatic N) is 1. The minimum atomic E-state index is -4.19. The summed E-state index contributed by atoms with van der Waals surface area (Å²) in [6.07, 6.45) is 2.59. The van der Waals surface area contributed by atoms with Crippen LogP contribution in [0.3, 0.4) is 0 Å². The summed E-state index contributed by atoms with van der Waals surface area (Å²) in [5, 5.41) is 13.5. The minimum Gasteiger partial charge on any atom is -0.506 e. The number of anilines is 1. The average Bonchev–Trinajstić information content (AvgIpc) is 2.84. The Kier molecular flexibility index (Phi) is 5.35. The van der Waals surface area contributed by atoms with Gasteiger partial charge in [-0.3, -0.25) is 4.79 Å². The fourth-order valence-electron chi connectivity index (χ4n) is 3.42. The van der Waals surface area contributed by atoms with Gasteiger partial charge in [0.05, 0.1) is 0 Å². The van der Waals surface area contributed by atoms with Crippen molar-refractivity contribution in [2.45, 2.75) is 31.7 Å². The molecule has 0 spiro atoms. The van der Waals surface area contributed by atoms with E-state index in [1.54, 1.807) is 11.8 Å². The molecule has 1 aliphatic carbocycles. The van der Waals surface area contributed by atoms with Crippen LogP contribution in [0.1, 0.15) is 24.0 Å². The number of carbonyl (C=O) groups is 1. The number of halogens is 1. The molecule has 0 bridgehead atoms. The maximum absolute atomic E-state index is 15.1. The van der Waals surface area contributed by atoms with E-state index in [0.29, 0.717) is 34.9 Å². The Morgan fingerprint density at radius 3 is 2.92 bits per heavy atom. The van der Waals surface area contributed by atoms with E-state index < -0.39 is 39.9 Å². The second-order valence-corrected chi connectivity index (χ2v) is 8.07. The normalized spacial score (nSPS) is 21.5. The Balaban J connectivity index is 1.86. The van der Waals surface area contributed by atoms with Crippen LogP contribution in [0.25, 0.3) is 0 Å². The smallest absolute Gasteiger partial charge is 0.326 e. The number of carbonyl (C=O) groups excluding carboxylic acids is 1. The van der Waals surface area contributed by atoms with E-state index in [9.17, 15) is 18.3 Å². The molecule has 26 heavy (non-hydrogen) atoms. The van der Waals surface area contributed by atoms with Gasteiger partial charge in [0.25, 0.3) is 5.91 Å². The summed E-state index contributed by atoms with van der Waals surface area (Å²) in [4.78, 5) is 11.4. The molecular weight excluding hydrogens is 365 g/mol. The van der Waals surface area contributed by atoms with Crippen LogP contribution >= 0.6 is 0 Å². The lowest BCUT2D eigenvalue weighted by Gasteiger charge is -2.28. The summed E-state index contributed by atoms with van der Waals surface area (Å²) >= 11 is 0. The van der Waals surface area contributed by atoms with Crippen LogP contribution in [0, 0.1) is 5.82 Å². The van der Waals surface area contributed by atoms with Crippen molar-refractivity contribution in [1.29, 1.82) is 0 Å². The van der Waals surface area contributed by atoms with Crippen molar-refractivity contribution in [3.05, 3.63) is 23.0 Å². The molecule has 1 aromatic rings. The second kappa shape index (κ2) is 7.37. The highest BCUT2D eigenvalue weighted by molar-refractivity contribution is 7.92. The monoisotopic (exact) mass is 387 g/mol. The van der Waals surface area contributed by atoms with Gasteiger partial charge in [-0.05, 0) is 49.4 Å². The number of benzene rings is 1. The van der Waals surface area contributed by atoms with Gasteiger partial charge in [0.2, 0.25) is 0 Å². The maximum atomic E-state index is 15.1. The van der Waals surface area contributed by atoms with E-state index in [1.807, 2.05) is 0 Å². The second-order valence-electron chi connectivity index (χ2n) is 6.47. The molecule has 3 N–H and O–H groups in total. The van der Waals surface area contributed by atoms with Crippen LogP contribution in [0.4, 0.5) is 10.1 Å². The zero-order valence-electron chi connectivity index (χ0n) is 14.4. The van der Waals surface area contributed by atoms with Gasteiger partial charge >= 0.3 is 10.2 Å². The molecule has 1 fully saturated rings. The predicted octanol–water partition coefficient (Wildman–Crippen LogP) is 0.196. The fraction of sp³-hybridized carbons (Fsp3) is 0.562. The van der Waals surface area contributed by atoms with Crippen molar-refractivity contribution >= 4 is 21.8 Å². The van der Waals surface area contributed by atoms with Crippen molar-refractivity contribution in [2.75, 3.05) is 31.1 Å². The Labute approximate surface area is 151 Å². The summed E-state index contributed by atoms with van der Waals surface area (Å²) < 4.78 is 46.5.